The largest absolute Gasteiger partial charge is 0.348 e. The van der Waals surface area contributed by atoms with Gasteiger partial charge in [-0.05, 0) is 0 Å². The summed E-state index contributed by atoms with van der Waals surface area (Å²) in [6.45, 7) is 0. The summed E-state index contributed by atoms with van der Waals surface area (Å²) in [5.41, 5.74) is 0.0276. The van der Waals surface area contributed by atoms with Gasteiger partial charge in [-0.25, -0.2) is 4.79 Å². The van der Waals surface area contributed by atoms with Crippen LogP contribution in [0, 0.1) is 0 Å². The van der Waals surface area contributed by atoms with Crippen LogP contribution in [0.15, 0.2) is 11.0 Å². The summed E-state index contributed by atoms with van der Waals surface area (Å²) < 4.78 is 1.50. The molecule has 62 valence electrons. The summed E-state index contributed by atoms with van der Waals surface area (Å²) in [6, 6.07) is 0. The highest BCUT2D eigenvalue weighted by Gasteiger charge is 2.05. The van der Waals surface area contributed by atoms with Gasteiger partial charge in [-0.2, -0.15) is 10.1 Å². The van der Waals surface area contributed by atoms with E-state index >= 15 is 0 Å². The normalized spacial score (nSPS) is 10.8. The van der Waals surface area contributed by atoms with E-state index in [1.165, 1.54) is 4.68 Å². The Labute approximate surface area is 72.0 Å². The van der Waals surface area contributed by atoms with Crippen LogP contribution in [0.4, 0.5) is 0 Å². The molecule has 5 nitrogen and oxygen atoms in total. The molecule has 1 N–H and O–H groups in total. The number of H-pyrrole nitrogens is 1. The molecule has 0 aliphatic heterocycles. The van der Waals surface area contributed by atoms with E-state index in [1.54, 1.807) is 13.2 Å². The van der Waals surface area contributed by atoms with Crippen LogP contribution in [0.25, 0.3) is 11.0 Å². The molecule has 0 radical (unpaired) electrons. The van der Waals surface area contributed by atoms with Crippen LogP contribution >= 0.6 is 11.6 Å². The summed E-state index contributed by atoms with van der Waals surface area (Å²) in [5, 5.41) is 4.84. The maximum absolute atomic E-state index is 10.9. The summed E-state index contributed by atoms with van der Waals surface area (Å²) >= 11 is 5.73. The average Bonchev–Trinajstić information content (AvgIpc) is 2.33. The number of fused-ring (bicyclic) bond motifs is 1. The molecule has 0 spiro atoms. The first-order valence-corrected chi connectivity index (χ1v) is 3.64. The molecular formula is C6H5ClN4O. The first kappa shape index (κ1) is 7.30. The van der Waals surface area contributed by atoms with Crippen LogP contribution in [0.3, 0.4) is 0 Å². The second kappa shape index (κ2) is 2.31. The van der Waals surface area contributed by atoms with E-state index in [-0.39, 0.29) is 5.15 Å². The molecule has 2 aromatic rings. The molecule has 0 saturated heterocycles. The van der Waals surface area contributed by atoms with Crippen LogP contribution in [0.5, 0.6) is 0 Å². The maximum Gasteiger partial charge on any atom is 0.348 e. The average molecular weight is 185 g/mol. The Morgan fingerprint density at radius 3 is 3.17 bits per heavy atom. The molecule has 0 aliphatic rings. The molecule has 0 atom stereocenters. The van der Waals surface area contributed by atoms with E-state index in [1.807, 2.05) is 0 Å². The standard InChI is InChI=1S/C6H5ClN4O/c1-11-5-3(2-8-11)4(7)9-6(12)10-5/h2H,1H3,(H,9,10,12). The molecule has 0 aliphatic carbocycles. The van der Waals surface area contributed by atoms with Crippen molar-refractivity contribution in [2.75, 3.05) is 0 Å². The Morgan fingerprint density at radius 2 is 2.42 bits per heavy atom. The molecule has 0 unspecified atom stereocenters. The van der Waals surface area contributed by atoms with Gasteiger partial charge < -0.3 is 0 Å². The highest BCUT2D eigenvalue weighted by molar-refractivity contribution is 6.33. The van der Waals surface area contributed by atoms with Gasteiger partial charge in [0.25, 0.3) is 0 Å². The Bertz CT molecular complexity index is 486. The minimum atomic E-state index is -0.462. The minimum absolute atomic E-state index is 0.276. The molecule has 0 amide bonds. The quantitative estimate of drug-likeness (QED) is 0.600. The molecule has 0 saturated carbocycles. The third-order valence-corrected chi connectivity index (χ3v) is 1.87. The van der Waals surface area contributed by atoms with Gasteiger partial charge in [0.1, 0.15) is 5.15 Å². The number of aromatic amines is 1. The molecular weight excluding hydrogens is 180 g/mol. The van der Waals surface area contributed by atoms with Crippen molar-refractivity contribution in [1.82, 2.24) is 19.7 Å². The van der Waals surface area contributed by atoms with Gasteiger partial charge in [0.05, 0.1) is 11.6 Å². The first-order valence-electron chi connectivity index (χ1n) is 3.26. The zero-order chi connectivity index (χ0) is 8.72. The van der Waals surface area contributed by atoms with E-state index in [0.717, 1.165) is 0 Å². The second-order valence-corrected chi connectivity index (χ2v) is 2.74. The van der Waals surface area contributed by atoms with E-state index in [9.17, 15) is 4.79 Å². The molecule has 2 heterocycles. The van der Waals surface area contributed by atoms with Gasteiger partial charge in [0.2, 0.25) is 0 Å². The number of nitrogens with one attached hydrogen (secondary N) is 1. The Morgan fingerprint density at radius 1 is 1.67 bits per heavy atom. The molecule has 6 heteroatoms. The third kappa shape index (κ3) is 0.902. The van der Waals surface area contributed by atoms with Crippen molar-refractivity contribution in [1.29, 1.82) is 0 Å². The monoisotopic (exact) mass is 184 g/mol. The number of aromatic nitrogens is 4. The number of rotatable bonds is 0. The minimum Gasteiger partial charge on any atom is -0.296 e. The SMILES string of the molecule is Cn1ncc2c(Cl)[nH]c(=O)nc21. The highest BCUT2D eigenvalue weighted by atomic mass is 35.5. The first-order chi connectivity index (χ1) is 5.68. The van der Waals surface area contributed by atoms with Crippen molar-refractivity contribution in [2.45, 2.75) is 0 Å². The van der Waals surface area contributed by atoms with Crippen LogP contribution in [0.1, 0.15) is 0 Å². The zero-order valence-electron chi connectivity index (χ0n) is 6.21. The molecule has 0 bridgehead atoms. The van der Waals surface area contributed by atoms with Gasteiger partial charge in [-0.15, -0.1) is 0 Å². The second-order valence-electron chi connectivity index (χ2n) is 2.36. The van der Waals surface area contributed by atoms with Gasteiger partial charge in [-0.1, -0.05) is 11.6 Å². The number of aryl methyl sites for hydroxylation is 1. The lowest BCUT2D eigenvalue weighted by Crippen LogP contribution is -2.11. The number of halogens is 1. The van der Waals surface area contributed by atoms with Gasteiger partial charge in [0.15, 0.2) is 5.65 Å². The fourth-order valence-corrected chi connectivity index (χ4v) is 1.22. The number of hydrogen-bond donors (Lipinski definition) is 1. The Kier molecular flexibility index (Phi) is 1.41. The van der Waals surface area contributed by atoms with Crippen LogP contribution in [0.2, 0.25) is 5.15 Å². The van der Waals surface area contributed by atoms with Gasteiger partial charge >= 0.3 is 5.69 Å². The van der Waals surface area contributed by atoms with Crippen molar-refractivity contribution in [3.8, 4) is 0 Å². The van der Waals surface area contributed by atoms with Crippen LogP contribution < -0.4 is 5.69 Å². The van der Waals surface area contributed by atoms with E-state index in [2.05, 4.69) is 15.1 Å². The van der Waals surface area contributed by atoms with Crippen molar-refractivity contribution < 1.29 is 0 Å². The van der Waals surface area contributed by atoms with Crippen molar-refractivity contribution in [2.24, 2.45) is 7.05 Å². The summed E-state index contributed by atoms with van der Waals surface area (Å²) in [7, 11) is 1.70. The predicted octanol–water partition coefficient (Wildman–Crippen LogP) is 0.310. The lowest BCUT2D eigenvalue weighted by molar-refractivity contribution is 0.783. The summed E-state index contributed by atoms with van der Waals surface area (Å²) in [5.74, 6) is 0. The molecule has 0 aromatic carbocycles. The Hall–Kier alpha value is -1.36. The maximum atomic E-state index is 10.9. The van der Waals surface area contributed by atoms with Crippen LogP contribution in [-0.4, -0.2) is 19.7 Å². The fourth-order valence-electron chi connectivity index (χ4n) is 1.00. The molecule has 12 heavy (non-hydrogen) atoms. The molecule has 2 aromatic heterocycles. The van der Waals surface area contributed by atoms with Crippen molar-refractivity contribution in [3.05, 3.63) is 21.8 Å². The van der Waals surface area contributed by atoms with Crippen LogP contribution in [-0.2, 0) is 7.05 Å². The third-order valence-electron chi connectivity index (χ3n) is 1.57. The van der Waals surface area contributed by atoms with Gasteiger partial charge in [0, 0.05) is 7.05 Å². The van der Waals surface area contributed by atoms with E-state index < -0.39 is 5.69 Å². The number of hydrogen-bond acceptors (Lipinski definition) is 3. The molecule has 2 rings (SSSR count). The topological polar surface area (TPSA) is 63.6 Å². The van der Waals surface area contributed by atoms with Crippen molar-refractivity contribution in [3.63, 3.8) is 0 Å². The van der Waals surface area contributed by atoms with Crippen molar-refractivity contribution >= 4 is 22.6 Å². The fraction of sp³-hybridized carbons (Fsp3) is 0.167. The highest BCUT2D eigenvalue weighted by Crippen LogP contribution is 2.15. The zero-order valence-corrected chi connectivity index (χ0v) is 6.96. The molecule has 0 fully saturated rings. The predicted molar refractivity (Wildman–Crippen MR) is 44.1 cm³/mol. The Balaban J connectivity index is 3.02. The van der Waals surface area contributed by atoms with Gasteiger partial charge in [-0.3, -0.25) is 9.67 Å². The number of nitrogens with zero attached hydrogens (tertiary/aromatic N) is 3. The lowest BCUT2D eigenvalue weighted by atomic mass is 10.4. The summed E-state index contributed by atoms with van der Waals surface area (Å²) in [6.07, 6.45) is 1.56. The smallest absolute Gasteiger partial charge is 0.296 e. The van der Waals surface area contributed by atoms with E-state index in [0.29, 0.717) is 11.0 Å². The van der Waals surface area contributed by atoms with E-state index in [4.69, 9.17) is 11.6 Å². The lowest BCUT2D eigenvalue weighted by Gasteiger charge is -1.92. The summed E-state index contributed by atoms with van der Waals surface area (Å²) in [4.78, 5) is 16.9.